The van der Waals surface area contributed by atoms with Gasteiger partial charge in [0, 0.05) is 0 Å². The smallest absolute Gasteiger partial charge is 0.288 e. The van der Waals surface area contributed by atoms with Gasteiger partial charge in [0.15, 0.2) is 6.04 Å². The van der Waals surface area contributed by atoms with Crippen LogP contribution in [0.15, 0.2) is 30.3 Å². The standard InChI is InChI=1S/C11H12N2O2/c12-9-6-10(14)13(11(9)15)7-8-4-2-1-3-5-8/h1-5,9H,6-7,12H2/p+1. The zero-order chi connectivity index (χ0) is 10.8. The van der Waals surface area contributed by atoms with E-state index in [-0.39, 0.29) is 18.2 Å². The van der Waals surface area contributed by atoms with Crippen molar-refractivity contribution >= 4 is 11.8 Å². The molecule has 0 aliphatic carbocycles. The molecule has 0 bridgehead atoms. The summed E-state index contributed by atoms with van der Waals surface area (Å²) in [5.41, 5.74) is 4.61. The van der Waals surface area contributed by atoms with Gasteiger partial charge in [0.2, 0.25) is 5.91 Å². The molecule has 3 N–H and O–H groups in total. The Morgan fingerprint density at radius 3 is 2.47 bits per heavy atom. The lowest BCUT2D eigenvalue weighted by atomic mass is 10.2. The van der Waals surface area contributed by atoms with Gasteiger partial charge in [-0.25, -0.2) is 0 Å². The van der Waals surface area contributed by atoms with Crippen molar-refractivity contribution in [2.45, 2.75) is 19.0 Å². The predicted octanol–water partition coefficient (Wildman–Crippen LogP) is -0.444. The van der Waals surface area contributed by atoms with E-state index < -0.39 is 6.04 Å². The first-order chi connectivity index (χ1) is 7.18. The van der Waals surface area contributed by atoms with Gasteiger partial charge in [0.25, 0.3) is 5.91 Å². The quantitative estimate of drug-likeness (QED) is 0.665. The summed E-state index contributed by atoms with van der Waals surface area (Å²) in [6, 6.07) is 9.08. The number of rotatable bonds is 2. The minimum Gasteiger partial charge on any atom is -0.347 e. The molecule has 15 heavy (non-hydrogen) atoms. The van der Waals surface area contributed by atoms with Gasteiger partial charge in [-0.2, -0.15) is 0 Å². The van der Waals surface area contributed by atoms with Crippen LogP contribution in [0.4, 0.5) is 0 Å². The third-order valence-electron chi connectivity index (χ3n) is 2.52. The third kappa shape index (κ3) is 1.89. The van der Waals surface area contributed by atoms with Crippen molar-refractivity contribution in [1.29, 1.82) is 0 Å². The van der Waals surface area contributed by atoms with Crippen LogP contribution >= 0.6 is 0 Å². The van der Waals surface area contributed by atoms with E-state index in [1.807, 2.05) is 30.3 Å². The van der Waals surface area contributed by atoms with Crippen LogP contribution < -0.4 is 5.73 Å². The van der Waals surface area contributed by atoms with E-state index in [0.29, 0.717) is 6.54 Å². The Hall–Kier alpha value is -1.68. The van der Waals surface area contributed by atoms with Crippen molar-refractivity contribution in [2.75, 3.05) is 0 Å². The summed E-state index contributed by atoms with van der Waals surface area (Å²) in [6.07, 6.45) is 0.242. The van der Waals surface area contributed by atoms with Gasteiger partial charge >= 0.3 is 0 Å². The number of quaternary nitrogens is 1. The molecule has 1 saturated heterocycles. The molecule has 2 rings (SSSR count). The second-order valence-corrected chi connectivity index (χ2v) is 3.70. The fourth-order valence-electron chi connectivity index (χ4n) is 1.68. The topological polar surface area (TPSA) is 65.0 Å². The molecule has 78 valence electrons. The van der Waals surface area contributed by atoms with Gasteiger partial charge in [0.05, 0.1) is 13.0 Å². The number of amides is 2. The first-order valence-electron chi connectivity index (χ1n) is 4.89. The van der Waals surface area contributed by atoms with E-state index >= 15 is 0 Å². The van der Waals surface area contributed by atoms with Gasteiger partial charge in [-0.15, -0.1) is 0 Å². The van der Waals surface area contributed by atoms with Crippen LogP contribution in [0.3, 0.4) is 0 Å². The molecule has 1 aromatic carbocycles. The highest BCUT2D eigenvalue weighted by Gasteiger charge is 2.38. The number of carbonyl (C=O) groups excluding carboxylic acids is 2. The van der Waals surface area contributed by atoms with Gasteiger partial charge < -0.3 is 5.73 Å². The lowest BCUT2D eigenvalue weighted by molar-refractivity contribution is -0.400. The van der Waals surface area contributed by atoms with Gasteiger partial charge in [-0.05, 0) is 5.56 Å². The highest BCUT2D eigenvalue weighted by Crippen LogP contribution is 2.14. The maximum Gasteiger partial charge on any atom is 0.288 e. The molecule has 0 radical (unpaired) electrons. The molecule has 1 aromatic rings. The number of benzene rings is 1. The summed E-state index contributed by atoms with van der Waals surface area (Å²) in [5, 5.41) is 0. The van der Waals surface area contributed by atoms with Crippen LogP contribution in [0, 0.1) is 0 Å². The number of hydrogen-bond acceptors (Lipinski definition) is 2. The molecule has 1 aliphatic rings. The number of likely N-dealkylation sites (tertiary alicyclic amines) is 1. The van der Waals surface area contributed by atoms with E-state index in [4.69, 9.17) is 0 Å². The van der Waals surface area contributed by atoms with E-state index in [9.17, 15) is 9.59 Å². The second kappa shape index (κ2) is 3.82. The van der Waals surface area contributed by atoms with Crippen LogP contribution in [-0.4, -0.2) is 22.8 Å². The minimum absolute atomic E-state index is 0.121. The van der Waals surface area contributed by atoms with Crippen LogP contribution in [0.1, 0.15) is 12.0 Å². The molecule has 0 aromatic heterocycles. The molecule has 0 spiro atoms. The molecule has 1 fully saturated rings. The van der Waals surface area contributed by atoms with E-state index in [1.165, 1.54) is 4.90 Å². The third-order valence-corrected chi connectivity index (χ3v) is 2.52. The van der Waals surface area contributed by atoms with Crippen molar-refractivity contribution in [1.82, 2.24) is 4.90 Å². The summed E-state index contributed by atoms with van der Waals surface area (Å²) in [6.45, 7) is 0.366. The molecule has 1 heterocycles. The molecule has 4 heteroatoms. The predicted molar refractivity (Wildman–Crippen MR) is 53.3 cm³/mol. The Morgan fingerprint density at radius 1 is 1.27 bits per heavy atom. The molecule has 0 saturated carbocycles. The minimum atomic E-state index is -0.402. The first-order valence-corrected chi connectivity index (χ1v) is 4.89. The molecule has 1 atom stereocenters. The van der Waals surface area contributed by atoms with Crippen molar-refractivity contribution in [2.24, 2.45) is 0 Å². The molecule has 1 unspecified atom stereocenters. The first kappa shape index (κ1) is 9.86. The SMILES string of the molecule is [NH3+]C1CC(=O)N(Cc2ccccc2)C1=O. The fourth-order valence-corrected chi connectivity index (χ4v) is 1.68. The lowest BCUT2D eigenvalue weighted by Gasteiger charge is -2.12. The van der Waals surface area contributed by atoms with E-state index in [0.717, 1.165) is 5.56 Å². The fraction of sp³-hybridized carbons (Fsp3) is 0.273. The highest BCUT2D eigenvalue weighted by molar-refractivity contribution is 6.04. The zero-order valence-electron chi connectivity index (χ0n) is 8.35. The Kier molecular flexibility index (Phi) is 2.51. The van der Waals surface area contributed by atoms with Crippen LogP contribution in [0.5, 0.6) is 0 Å². The van der Waals surface area contributed by atoms with Crippen molar-refractivity contribution < 1.29 is 15.3 Å². The van der Waals surface area contributed by atoms with Crippen molar-refractivity contribution in [3.8, 4) is 0 Å². The lowest BCUT2D eigenvalue weighted by Crippen LogP contribution is -2.64. The second-order valence-electron chi connectivity index (χ2n) is 3.70. The molecular weight excluding hydrogens is 192 g/mol. The summed E-state index contributed by atoms with van der Waals surface area (Å²) >= 11 is 0. The Labute approximate surface area is 87.7 Å². The summed E-state index contributed by atoms with van der Waals surface area (Å²) in [4.78, 5) is 24.3. The normalized spacial score (nSPS) is 21.1. The molecule has 2 amide bonds. The number of carbonyl (C=O) groups is 2. The number of imide groups is 1. The van der Waals surface area contributed by atoms with Gasteiger partial charge in [0.1, 0.15) is 0 Å². The molecular formula is C11H13N2O2+. The van der Waals surface area contributed by atoms with Crippen molar-refractivity contribution in [3.05, 3.63) is 35.9 Å². The number of nitrogens with zero attached hydrogens (tertiary/aromatic N) is 1. The summed E-state index contributed by atoms with van der Waals surface area (Å²) in [7, 11) is 0. The monoisotopic (exact) mass is 205 g/mol. The average molecular weight is 205 g/mol. The van der Waals surface area contributed by atoms with Gasteiger partial charge in [-0.1, -0.05) is 30.3 Å². The zero-order valence-corrected chi connectivity index (χ0v) is 8.35. The van der Waals surface area contributed by atoms with Crippen molar-refractivity contribution in [3.63, 3.8) is 0 Å². The Bertz CT molecular complexity index is 389. The Balaban J connectivity index is 2.13. The van der Waals surface area contributed by atoms with Gasteiger partial charge in [-0.3, -0.25) is 14.5 Å². The molecule has 1 aliphatic heterocycles. The maximum absolute atomic E-state index is 11.6. The van der Waals surface area contributed by atoms with Crippen LogP contribution in [0.2, 0.25) is 0 Å². The summed E-state index contributed by atoms with van der Waals surface area (Å²) < 4.78 is 0. The van der Waals surface area contributed by atoms with E-state index in [2.05, 4.69) is 5.73 Å². The van der Waals surface area contributed by atoms with E-state index in [1.54, 1.807) is 0 Å². The number of hydrogen-bond donors (Lipinski definition) is 1. The van der Waals surface area contributed by atoms with Crippen LogP contribution in [0.25, 0.3) is 0 Å². The Morgan fingerprint density at radius 2 is 1.93 bits per heavy atom. The average Bonchev–Trinajstić information content (AvgIpc) is 2.47. The largest absolute Gasteiger partial charge is 0.347 e. The highest BCUT2D eigenvalue weighted by atomic mass is 16.2. The summed E-state index contributed by atoms with van der Waals surface area (Å²) in [5.74, 6) is -0.285. The maximum atomic E-state index is 11.6. The molecule has 4 nitrogen and oxygen atoms in total. The van der Waals surface area contributed by atoms with Crippen LogP contribution in [-0.2, 0) is 16.1 Å².